The van der Waals surface area contributed by atoms with Crippen molar-refractivity contribution in [2.24, 2.45) is 0 Å². The van der Waals surface area contributed by atoms with Crippen LogP contribution in [0, 0.1) is 10.1 Å². The predicted octanol–water partition coefficient (Wildman–Crippen LogP) is 4.01. The number of aromatic amines is 1. The Bertz CT molecular complexity index is 1160. The Labute approximate surface area is 165 Å². The van der Waals surface area contributed by atoms with Crippen LogP contribution >= 0.6 is 11.3 Å². The van der Waals surface area contributed by atoms with Crippen LogP contribution in [0.2, 0.25) is 0 Å². The number of H-pyrrole nitrogens is 1. The fraction of sp³-hybridized carbons (Fsp3) is 0.300. The van der Waals surface area contributed by atoms with Gasteiger partial charge in [-0.2, -0.15) is 0 Å². The summed E-state index contributed by atoms with van der Waals surface area (Å²) in [7, 11) is 3.53. The SMILES string of the molecule is CN(C)c1ccc(/C=C/c2nc3sc4c(c3c(=O)[nH]2)CCCC4)cc1[N+](=O)[O-]. The number of nitrogens with zero attached hydrogens (tertiary/aromatic N) is 3. The fourth-order valence-electron chi connectivity index (χ4n) is 3.60. The molecular weight excluding hydrogens is 376 g/mol. The van der Waals surface area contributed by atoms with Crippen molar-refractivity contribution in [2.75, 3.05) is 19.0 Å². The number of nitrogens with one attached hydrogen (secondary N) is 1. The molecule has 2 heterocycles. The Balaban J connectivity index is 1.70. The third kappa shape index (κ3) is 3.31. The van der Waals surface area contributed by atoms with E-state index in [-0.39, 0.29) is 11.2 Å². The monoisotopic (exact) mass is 396 g/mol. The van der Waals surface area contributed by atoms with Crippen LogP contribution in [0.3, 0.4) is 0 Å². The Morgan fingerprint density at radius 2 is 2.04 bits per heavy atom. The molecule has 0 saturated heterocycles. The summed E-state index contributed by atoms with van der Waals surface area (Å²) in [4.78, 5) is 34.7. The molecule has 0 fully saturated rings. The van der Waals surface area contributed by atoms with Crippen molar-refractivity contribution in [3.63, 3.8) is 0 Å². The van der Waals surface area contributed by atoms with E-state index in [2.05, 4.69) is 9.97 Å². The van der Waals surface area contributed by atoms with Crippen LogP contribution in [-0.4, -0.2) is 29.0 Å². The zero-order valence-corrected chi connectivity index (χ0v) is 16.5. The number of nitro groups is 1. The smallest absolute Gasteiger partial charge is 0.293 e. The Morgan fingerprint density at radius 1 is 1.25 bits per heavy atom. The summed E-state index contributed by atoms with van der Waals surface area (Å²) in [5.41, 5.74) is 2.29. The Morgan fingerprint density at radius 3 is 2.79 bits per heavy atom. The lowest BCUT2D eigenvalue weighted by atomic mass is 9.97. The predicted molar refractivity (Wildman–Crippen MR) is 113 cm³/mol. The zero-order chi connectivity index (χ0) is 19.8. The van der Waals surface area contributed by atoms with E-state index in [9.17, 15) is 14.9 Å². The van der Waals surface area contributed by atoms with E-state index in [1.54, 1.807) is 54.6 Å². The molecule has 28 heavy (non-hydrogen) atoms. The number of anilines is 1. The van der Waals surface area contributed by atoms with Gasteiger partial charge in [-0.3, -0.25) is 14.9 Å². The summed E-state index contributed by atoms with van der Waals surface area (Å²) in [6.07, 6.45) is 7.64. The van der Waals surface area contributed by atoms with Crippen molar-refractivity contribution in [3.8, 4) is 0 Å². The summed E-state index contributed by atoms with van der Waals surface area (Å²) in [5, 5.41) is 12.1. The number of aromatic nitrogens is 2. The maximum atomic E-state index is 12.6. The summed E-state index contributed by atoms with van der Waals surface area (Å²) < 4.78 is 0. The molecule has 7 nitrogen and oxygen atoms in total. The van der Waals surface area contributed by atoms with Crippen LogP contribution in [0.1, 0.15) is 34.7 Å². The molecule has 8 heteroatoms. The van der Waals surface area contributed by atoms with Crippen LogP contribution in [0.15, 0.2) is 23.0 Å². The minimum Gasteiger partial charge on any atom is -0.372 e. The molecule has 0 unspecified atom stereocenters. The van der Waals surface area contributed by atoms with Crippen LogP contribution < -0.4 is 10.5 Å². The first-order chi connectivity index (χ1) is 13.4. The third-order valence-electron chi connectivity index (χ3n) is 4.96. The van der Waals surface area contributed by atoms with E-state index >= 15 is 0 Å². The summed E-state index contributed by atoms with van der Waals surface area (Å²) in [6.45, 7) is 0. The van der Waals surface area contributed by atoms with Gasteiger partial charge in [-0.15, -0.1) is 11.3 Å². The second-order valence-corrected chi connectivity index (χ2v) is 8.16. The highest BCUT2D eigenvalue weighted by atomic mass is 32.1. The largest absolute Gasteiger partial charge is 0.372 e. The standard InChI is InChI=1S/C20H20N4O3S/c1-23(2)14-9-7-12(11-15(14)24(26)27)8-10-17-21-19(25)18-13-5-3-4-6-16(13)28-20(18)22-17/h7-11H,3-6H2,1-2H3,(H,21,22,25)/b10-8+. The van der Waals surface area contributed by atoms with Gasteiger partial charge in [0.25, 0.3) is 11.2 Å². The number of benzene rings is 1. The van der Waals surface area contributed by atoms with E-state index in [4.69, 9.17) is 0 Å². The topological polar surface area (TPSA) is 92.1 Å². The lowest BCUT2D eigenvalue weighted by Gasteiger charge is -2.12. The molecule has 1 N–H and O–H groups in total. The van der Waals surface area contributed by atoms with Gasteiger partial charge in [-0.05, 0) is 49.0 Å². The Kier molecular flexibility index (Phi) is 4.72. The first-order valence-corrected chi connectivity index (χ1v) is 9.94. The molecule has 3 aromatic rings. The summed E-state index contributed by atoms with van der Waals surface area (Å²) >= 11 is 1.60. The zero-order valence-electron chi connectivity index (χ0n) is 15.7. The third-order valence-corrected chi connectivity index (χ3v) is 6.14. The van der Waals surface area contributed by atoms with Crippen LogP contribution in [0.5, 0.6) is 0 Å². The molecule has 0 saturated carbocycles. The normalized spacial score (nSPS) is 13.8. The Hall–Kier alpha value is -3.00. The lowest BCUT2D eigenvalue weighted by molar-refractivity contribution is -0.384. The molecule has 144 valence electrons. The number of hydrogen-bond acceptors (Lipinski definition) is 6. The highest BCUT2D eigenvalue weighted by molar-refractivity contribution is 7.18. The summed E-state index contributed by atoms with van der Waals surface area (Å²) in [6, 6.07) is 5.04. The van der Waals surface area contributed by atoms with Gasteiger partial charge in [0.05, 0.1) is 10.3 Å². The second-order valence-electron chi connectivity index (χ2n) is 7.08. The van der Waals surface area contributed by atoms with Crippen LogP contribution in [0.25, 0.3) is 22.4 Å². The van der Waals surface area contributed by atoms with Crippen molar-refractivity contribution < 1.29 is 4.92 Å². The molecule has 0 bridgehead atoms. The molecular formula is C20H20N4O3S. The molecule has 0 aliphatic heterocycles. The highest BCUT2D eigenvalue weighted by Crippen LogP contribution is 2.33. The molecule has 1 aliphatic rings. The minimum absolute atomic E-state index is 0.0370. The van der Waals surface area contributed by atoms with Gasteiger partial charge in [-0.25, -0.2) is 4.98 Å². The molecule has 0 amide bonds. The van der Waals surface area contributed by atoms with Crippen molar-refractivity contribution in [3.05, 3.63) is 60.5 Å². The lowest BCUT2D eigenvalue weighted by Crippen LogP contribution is -2.11. The summed E-state index contributed by atoms with van der Waals surface area (Å²) in [5.74, 6) is 0.454. The minimum atomic E-state index is -0.394. The number of nitro benzene ring substituents is 1. The van der Waals surface area contributed by atoms with E-state index < -0.39 is 4.92 Å². The van der Waals surface area contributed by atoms with Gasteiger partial charge in [0.15, 0.2) is 0 Å². The molecule has 1 aliphatic carbocycles. The molecule has 4 rings (SSSR count). The maximum absolute atomic E-state index is 12.6. The van der Waals surface area contributed by atoms with E-state index in [1.165, 1.54) is 10.9 Å². The number of thiophene rings is 1. The van der Waals surface area contributed by atoms with E-state index in [0.717, 1.165) is 41.5 Å². The first kappa shape index (κ1) is 18.4. The number of fused-ring (bicyclic) bond motifs is 3. The van der Waals surface area contributed by atoms with Gasteiger partial charge in [-0.1, -0.05) is 12.1 Å². The van der Waals surface area contributed by atoms with Gasteiger partial charge in [0, 0.05) is 25.0 Å². The molecule has 0 atom stereocenters. The number of hydrogen-bond donors (Lipinski definition) is 1. The molecule has 2 aromatic heterocycles. The van der Waals surface area contributed by atoms with Crippen LogP contribution in [0.4, 0.5) is 11.4 Å². The fourth-order valence-corrected chi connectivity index (χ4v) is 4.87. The maximum Gasteiger partial charge on any atom is 0.293 e. The van der Waals surface area contributed by atoms with Gasteiger partial charge in [0.1, 0.15) is 16.3 Å². The van der Waals surface area contributed by atoms with E-state index in [0.29, 0.717) is 17.1 Å². The quantitative estimate of drug-likeness (QED) is 0.531. The average Bonchev–Trinajstić information content (AvgIpc) is 3.04. The van der Waals surface area contributed by atoms with Crippen molar-refractivity contribution in [2.45, 2.75) is 25.7 Å². The number of aryl methyl sites for hydroxylation is 2. The average molecular weight is 396 g/mol. The van der Waals surface area contributed by atoms with E-state index in [1.807, 2.05) is 0 Å². The van der Waals surface area contributed by atoms with Gasteiger partial charge >= 0.3 is 0 Å². The van der Waals surface area contributed by atoms with Crippen LogP contribution in [-0.2, 0) is 12.8 Å². The van der Waals surface area contributed by atoms with Crippen molar-refractivity contribution >= 4 is 45.1 Å². The number of rotatable bonds is 4. The highest BCUT2D eigenvalue weighted by Gasteiger charge is 2.19. The molecule has 0 radical (unpaired) electrons. The second kappa shape index (κ2) is 7.20. The van der Waals surface area contributed by atoms with Gasteiger partial charge < -0.3 is 9.88 Å². The molecule has 1 aromatic carbocycles. The molecule has 0 spiro atoms. The van der Waals surface area contributed by atoms with Crippen molar-refractivity contribution in [1.29, 1.82) is 0 Å². The van der Waals surface area contributed by atoms with Gasteiger partial charge in [0.2, 0.25) is 0 Å². The first-order valence-electron chi connectivity index (χ1n) is 9.12. The van der Waals surface area contributed by atoms with Crippen molar-refractivity contribution in [1.82, 2.24) is 9.97 Å².